The van der Waals surface area contributed by atoms with Crippen LogP contribution in [0.2, 0.25) is 0 Å². The summed E-state index contributed by atoms with van der Waals surface area (Å²) in [6.45, 7) is 7.44. The highest BCUT2D eigenvalue weighted by Gasteiger charge is 2.52. The molecule has 0 saturated heterocycles. The van der Waals surface area contributed by atoms with E-state index in [2.05, 4.69) is 18.8 Å². The Morgan fingerprint density at radius 3 is 2.22 bits per heavy atom. The van der Waals surface area contributed by atoms with Crippen LogP contribution in [0.1, 0.15) is 58.3 Å². The summed E-state index contributed by atoms with van der Waals surface area (Å²) < 4.78 is 0. The number of unbranched alkanes of at least 4 members (excludes halogenated alkanes) is 1. The van der Waals surface area contributed by atoms with Gasteiger partial charge in [0.25, 0.3) is 0 Å². The van der Waals surface area contributed by atoms with E-state index in [9.17, 15) is 0 Å². The molecule has 1 unspecified atom stereocenters. The lowest BCUT2D eigenvalue weighted by Crippen LogP contribution is -2.54. The lowest BCUT2D eigenvalue weighted by Gasteiger charge is -2.59. The van der Waals surface area contributed by atoms with Crippen LogP contribution in [0.15, 0.2) is 12.7 Å². The minimum Gasteiger partial charge on any atom is -0.314 e. The van der Waals surface area contributed by atoms with Crippen molar-refractivity contribution in [2.24, 2.45) is 23.2 Å². The van der Waals surface area contributed by atoms with Gasteiger partial charge < -0.3 is 5.32 Å². The highest BCUT2D eigenvalue weighted by atomic mass is 14.9. The van der Waals surface area contributed by atoms with Crippen LogP contribution in [0.25, 0.3) is 0 Å². The molecule has 4 aliphatic rings. The summed E-state index contributed by atoms with van der Waals surface area (Å²) in [6, 6.07) is 0.732. The SMILES string of the molecule is C=CCCCNC(C)C12CC3CC(CC(C3)C1)C2. The molecule has 18 heavy (non-hydrogen) atoms. The Hall–Kier alpha value is -0.300. The van der Waals surface area contributed by atoms with Crippen LogP contribution in [-0.4, -0.2) is 12.6 Å². The number of allylic oxidation sites excluding steroid dienone is 1. The van der Waals surface area contributed by atoms with Crippen molar-refractivity contribution < 1.29 is 0 Å². The molecule has 4 fully saturated rings. The van der Waals surface area contributed by atoms with Crippen molar-refractivity contribution in [2.75, 3.05) is 6.54 Å². The molecule has 1 nitrogen and oxygen atoms in total. The molecular weight excluding hydrogens is 218 g/mol. The monoisotopic (exact) mass is 247 g/mol. The third-order valence-corrected chi connectivity index (χ3v) is 6.04. The molecule has 1 atom stereocenters. The molecule has 1 N–H and O–H groups in total. The zero-order valence-electron chi connectivity index (χ0n) is 12.0. The fourth-order valence-corrected chi connectivity index (χ4v) is 5.49. The number of rotatable bonds is 6. The van der Waals surface area contributed by atoms with Gasteiger partial charge in [0.2, 0.25) is 0 Å². The third-order valence-electron chi connectivity index (χ3n) is 6.04. The van der Waals surface area contributed by atoms with Crippen LogP contribution in [0.4, 0.5) is 0 Å². The van der Waals surface area contributed by atoms with Crippen molar-refractivity contribution >= 4 is 0 Å². The van der Waals surface area contributed by atoms with Crippen molar-refractivity contribution in [1.82, 2.24) is 5.32 Å². The van der Waals surface area contributed by atoms with Crippen LogP contribution in [0, 0.1) is 23.2 Å². The van der Waals surface area contributed by atoms with E-state index in [1.54, 1.807) is 19.3 Å². The normalized spacial score (nSPS) is 43.1. The minimum absolute atomic E-state index is 0.670. The highest BCUT2D eigenvalue weighted by Crippen LogP contribution is 2.61. The second kappa shape index (κ2) is 5.00. The molecule has 0 aromatic heterocycles. The van der Waals surface area contributed by atoms with Crippen molar-refractivity contribution in [2.45, 2.75) is 64.3 Å². The van der Waals surface area contributed by atoms with Gasteiger partial charge in [-0.2, -0.15) is 0 Å². The van der Waals surface area contributed by atoms with Crippen LogP contribution in [0.5, 0.6) is 0 Å². The zero-order chi connectivity index (χ0) is 12.6. The maximum atomic E-state index is 3.83. The average Bonchev–Trinajstić information content (AvgIpc) is 2.32. The van der Waals surface area contributed by atoms with Crippen molar-refractivity contribution in [3.05, 3.63) is 12.7 Å². The third kappa shape index (κ3) is 2.27. The second-order valence-corrected chi connectivity index (χ2v) is 7.39. The Morgan fingerprint density at radius 2 is 1.72 bits per heavy atom. The molecule has 4 rings (SSSR count). The number of hydrogen-bond acceptors (Lipinski definition) is 1. The number of hydrogen-bond donors (Lipinski definition) is 1. The summed E-state index contributed by atoms with van der Waals surface area (Å²) >= 11 is 0. The first-order valence-electron chi connectivity index (χ1n) is 8.06. The fourth-order valence-electron chi connectivity index (χ4n) is 5.49. The summed E-state index contributed by atoms with van der Waals surface area (Å²) in [5.41, 5.74) is 0.670. The van der Waals surface area contributed by atoms with E-state index in [1.807, 2.05) is 6.08 Å². The maximum absolute atomic E-state index is 3.83. The van der Waals surface area contributed by atoms with Gasteiger partial charge in [0.1, 0.15) is 0 Å². The Morgan fingerprint density at radius 1 is 1.17 bits per heavy atom. The van der Waals surface area contributed by atoms with Gasteiger partial charge in [-0.15, -0.1) is 6.58 Å². The van der Waals surface area contributed by atoms with Crippen LogP contribution in [0.3, 0.4) is 0 Å². The van der Waals surface area contributed by atoms with Gasteiger partial charge in [-0.05, 0) is 88.0 Å². The topological polar surface area (TPSA) is 12.0 Å². The zero-order valence-corrected chi connectivity index (χ0v) is 12.0. The molecule has 0 aliphatic heterocycles. The smallest absolute Gasteiger partial charge is 0.00954 e. The van der Waals surface area contributed by atoms with Crippen LogP contribution in [-0.2, 0) is 0 Å². The van der Waals surface area contributed by atoms with Gasteiger partial charge in [-0.25, -0.2) is 0 Å². The van der Waals surface area contributed by atoms with Gasteiger partial charge in [0.15, 0.2) is 0 Å². The van der Waals surface area contributed by atoms with E-state index in [0.29, 0.717) is 5.41 Å². The van der Waals surface area contributed by atoms with E-state index < -0.39 is 0 Å². The van der Waals surface area contributed by atoms with Crippen LogP contribution >= 0.6 is 0 Å². The maximum Gasteiger partial charge on any atom is 0.00954 e. The Labute approximate surface area is 112 Å². The molecule has 0 heterocycles. The largest absolute Gasteiger partial charge is 0.314 e. The summed E-state index contributed by atoms with van der Waals surface area (Å²) in [5.74, 6) is 3.23. The molecule has 4 saturated carbocycles. The van der Waals surface area contributed by atoms with Gasteiger partial charge in [0, 0.05) is 6.04 Å². The first-order chi connectivity index (χ1) is 8.72. The van der Waals surface area contributed by atoms with Gasteiger partial charge >= 0.3 is 0 Å². The summed E-state index contributed by atoms with van der Waals surface area (Å²) in [7, 11) is 0. The summed E-state index contributed by atoms with van der Waals surface area (Å²) in [6.07, 6.45) is 13.7. The molecule has 0 aromatic carbocycles. The molecule has 102 valence electrons. The predicted molar refractivity (Wildman–Crippen MR) is 77.5 cm³/mol. The molecule has 4 bridgehead atoms. The van der Waals surface area contributed by atoms with Crippen molar-refractivity contribution in [3.63, 3.8) is 0 Å². The molecule has 0 amide bonds. The second-order valence-electron chi connectivity index (χ2n) is 7.39. The van der Waals surface area contributed by atoms with Crippen molar-refractivity contribution in [1.29, 1.82) is 0 Å². The first-order valence-corrected chi connectivity index (χ1v) is 8.06. The average molecular weight is 247 g/mol. The van der Waals surface area contributed by atoms with Gasteiger partial charge in [0.05, 0.1) is 0 Å². The van der Waals surface area contributed by atoms with E-state index >= 15 is 0 Å². The standard InChI is InChI=1S/C17H29N/c1-3-4-5-6-18-13(2)17-10-14-7-15(11-17)9-16(8-14)12-17/h3,13-16,18H,1,4-12H2,2H3. The van der Waals surface area contributed by atoms with E-state index in [4.69, 9.17) is 0 Å². The summed E-state index contributed by atoms with van der Waals surface area (Å²) in [5, 5.41) is 3.83. The Kier molecular flexibility index (Phi) is 3.53. The molecule has 1 heteroatoms. The van der Waals surface area contributed by atoms with Crippen LogP contribution < -0.4 is 5.32 Å². The lowest BCUT2D eigenvalue weighted by atomic mass is 9.48. The lowest BCUT2D eigenvalue weighted by molar-refractivity contribution is -0.0703. The predicted octanol–water partition coefficient (Wildman–Crippen LogP) is 4.15. The van der Waals surface area contributed by atoms with E-state index in [1.165, 1.54) is 32.2 Å². The molecule has 0 radical (unpaired) electrons. The van der Waals surface area contributed by atoms with E-state index in [0.717, 1.165) is 30.2 Å². The molecule has 4 aliphatic carbocycles. The van der Waals surface area contributed by atoms with Crippen molar-refractivity contribution in [3.8, 4) is 0 Å². The molecular formula is C17H29N. The Bertz CT molecular complexity index is 271. The Balaban J connectivity index is 1.58. The molecule has 0 spiro atoms. The van der Waals surface area contributed by atoms with Gasteiger partial charge in [-0.3, -0.25) is 0 Å². The number of nitrogens with one attached hydrogen (secondary N) is 1. The van der Waals surface area contributed by atoms with E-state index in [-0.39, 0.29) is 0 Å². The molecule has 0 aromatic rings. The fraction of sp³-hybridized carbons (Fsp3) is 0.882. The minimum atomic E-state index is 0.670. The highest BCUT2D eigenvalue weighted by molar-refractivity contribution is 5.05. The first kappa shape index (κ1) is 12.7. The van der Waals surface area contributed by atoms with Gasteiger partial charge in [-0.1, -0.05) is 6.08 Å². The quantitative estimate of drug-likeness (QED) is 0.549. The summed E-state index contributed by atoms with van der Waals surface area (Å²) in [4.78, 5) is 0.